The molecular formula is C10H22N2O2S. The van der Waals surface area contributed by atoms with E-state index in [0.29, 0.717) is 30.6 Å². The van der Waals surface area contributed by atoms with E-state index in [1.54, 1.807) is 0 Å². The van der Waals surface area contributed by atoms with Crippen molar-refractivity contribution in [1.82, 2.24) is 4.72 Å². The predicted octanol–water partition coefficient (Wildman–Crippen LogP) is 0.689. The van der Waals surface area contributed by atoms with Gasteiger partial charge in [0.1, 0.15) is 0 Å². The van der Waals surface area contributed by atoms with Crippen LogP contribution in [0.3, 0.4) is 0 Å². The molecule has 0 saturated heterocycles. The average Bonchev–Trinajstić information content (AvgIpc) is 2.86. The van der Waals surface area contributed by atoms with Crippen molar-refractivity contribution in [3.8, 4) is 0 Å². The van der Waals surface area contributed by atoms with E-state index in [9.17, 15) is 8.42 Å². The first-order chi connectivity index (χ1) is 6.94. The lowest BCUT2D eigenvalue weighted by Gasteiger charge is -2.21. The van der Waals surface area contributed by atoms with Gasteiger partial charge in [-0.1, -0.05) is 13.8 Å². The van der Waals surface area contributed by atoms with E-state index in [2.05, 4.69) is 4.72 Å². The molecule has 15 heavy (non-hydrogen) atoms. The molecule has 0 heterocycles. The lowest BCUT2D eigenvalue weighted by atomic mass is 10.0. The van der Waals surface area contributed by atoms with Crippen molar-refractivity contribution in [2.75, 3.05) is 12.3 Å². The minimum absolute atomic E-state index is 0.0150. The molecule has 0 aliphatic heterocycles. The number of sulfonamides is 1. The van der Waals surface area contributed by atoms with Gasteiger partial charge in [0, 0.05) is 6.04 Å². The van der Waals surface area contributed by atoms with Gasteiger partial charge in [0.2, 0.25) is 10.0 Å². The molecule has 0 radical (unpaired) electrons. The zero-order chi connectivity index (χ0) is 11.5. The predicted molar refractivity (Wildman–Crippen MR) is 61.9 cm³/mol. The summed E-state index contributed by atoms with van der Waals surface area (Å²) in [5.41, 5.74) is 5.46. The second-order valence-corrected chi connectivity index (χ2v) is 6.57. The van der Waals surface area contributed by atoms with Crippen LogP contribution in [-0.2, 0) is 10.0 Å². The highest BCUT2D eigenvalue weighted by Crippen LogP contribution is 2.30. The fourth-order valence-electron chi connectivity index (χ4n) is 1.58. The number of nitrogens with two attached hydrogens (primary N) is 1. The lowest BCUT2D eigenvalue weighted by Crippen LogP contribution is -2.41. The molecule has 3 N–H and O–H groups in total. The molecule has 0 aromatic rings. The second-order valence-electron chi connectivity index (χ2n) is 4.77. The first-order valence-electron chi connectivity index (χ1n) is 5.64. The van der Waals surface area contributed by atoms with Gasteiger partial charge in [0.15, 0.2) is 0 Å². The van der Waals surface area contributed by atoms with Crippen LogP contribution in [-0.4, -0.2) is 26.8 Å². The van der Waals surface area contributed by atoms with Crippen molar-refractivity contribution in [2.24, 2.45) is 17.6 Å². The van der Waals surface area contributed by atoms with Crippen LogP contribution >= 0.6 is 0 Å². The van der Waals surface area contributed by atoms with Gasteiger partial charge >= 0.3 is 0 Å². The topological polar surface area (TPSA) is 72.2 Å². The molecule has 0 bridgehead atoms. The molecular weight excluding hydrogens is 212 g/mol. The Hall–Kier alpha value is -0.130. The van der Waals surface area contributed by atoms with E-state index >= 15 is 0 Å². The van der Waals surface area contributed by atoms with Crippen LogP contribution in [0.5, 0.6) is 0 Å². The van der Waals surface area contributed by atoms with Gasteiger partial charge in [-0.2, -0.15) is 0 Å². The largest absolute Gasteiger partial charge is 0.330 e. The fraction of sp³-hybridized carbons (Fsp3) is 1.00. The van der Waals surface area contributed by atoms with Gasteiger partial charge in [-0.15, -0.1) is 0 Å². The molecule has 1 atom stereocenters. The fourth-order valence-corrected chi connectivity index (χ4v) is 3.48. The second kappa shape index (κ2) is 5.27. The smallest absolute Gasteiger partial charge is 0.212 e. The number of hydrogen-bond donors (Lipinski definition) is 2. The molecule has 5 heteroatoms. The van der Waals surface area contributed by atoms with Gasteiger partial charge in [0.05, 0.1) is 5.75 Å². The summed E-state index contributed by atoms with van der Waals surface area (Å²) in [5, 5.41) is 0. The molecule has 4 nitrogen and oxygen atoms in total. The van der Waals surface area contributed by atoms with Crippen LogP contribution in [0, 0.1) is 11.8 Å². The Bertz CT molecular complexity index is 284. The molecule has 1 aliphatic carbocycles. The molecule has 0 aromatic heterocycles. The van der Waals surface area contributed by atoms with E-state index in [-0.39, 0.29) is 6.04 Å². The summed E-state index contributed by atoms with van der Waals surface area (Å²) < 4.78 is 26.2. The Morgan fingerprint density at radius 3 is 2.40 bits per heavy atom. The molecule has 90 valence electrons. The lowest BCUT2D eigenvalue weighted by molar-refractivity contribution is 0.428. The Morgan fingerprint density at radius 2 is 2.00 bits per heavy atom. The Morgan fingerprint density at radius 1 is 1.40 bits per heavy atom. The third-order valence-electron chi connectivity index (χ3n) is 2.77. The third-order valence-corrected chi connectivity index (χ3v) is 4.34. The van der Waals surface area contributed by atoms with Crippen molar-refractivity contribution in [3.63, 3.8) is 0 Å². The maximum atomic E-state index is 11.7. The number of nitrogens with one attached hydrogen (secondary N) is 1. The number of hydrogen-bond acceptors (Lipinski definition) is 3. The van der Waals surface area contributed by atoms with Gasteiger partial charge in [-0.3, -0.25) is 0 Å². The molecule has 1 aliphatic rings. The van der Waals surface area contributed by atoms with E-state index in [4.69, 9.17) is 5.73 Å². The standard InChI is InChI=1S/C10H22N2O2S/c1-8(2)10(5-6-11)12-15(13,14)7-9-3-4-9/h8-10,12H,3-7,11H2,1-2H3. The zero-order valence-corrected chi connectivity index (χ0v) is 10.4. The van der Waals surface area contributed by atoms with Gasteiger partial charge in [-0.05, 0) is 37.6 Å². The summed E-state index contributed by atoms with van der Waals surface area (Å²) in [4.78, 5) is 0. The van der Waals surface area contributed by atoms with E-state index in [1.165, 1.54) is 0 Å². The molecule has 0 aromatic carbocycles. The highest BCUT2D eigenvalue weighted by Gasteiger charge is 2.29. The normalized spacial score (nSPS) is 19.5. The summed E-state index contributed by atoms with van der Waals surface area (Å²) in [7, 11) is -3.09. The SMILES string of the molecule is CC(C)C(CCN)NS(=O)(=O)CC1CC1. The average molecular weight is 234 g/mol. The Balaban J connectivity index is 2.47. The molecule has 0 amide bonds. The van der Waals surface area contributed by atoms with Crippen molar-refractivity contribution < 1.29 is 8.42 Å². The molecule has 1 unspecified atom stereocenters. The zero-order valence-electron chi connectivity index (χ0n) is 9.57. The summed E-state index contributed by atoms with van der Waals surface area (Å²) in [5.74, 6) is 0.983. The van der Waals surface area contributed by atoms with Gasteiger partial charge in [0.25, 0.3) is 0 Å². The molecule has 1 saturated carbocycles. The van der Waals surface area contributed by atoms with Crippen molar-refractivity contribution in [3.05, 3.63) is 0 Å². The summed E-state index contributed by atoms with van der Waals surface area (Å²) in [6.07, 6.45) is 2.83. The van der Waals surface area contributed by atoms with Crippen LogP contribution in [0.2, 0.25) is 0 Å². The van der Waals surface area contributed by atoms with Gasteiger partial charge in [-0.25, -0.2) is 13.1 Å². The number of rotatable bonds is 7. The van der Waals surface area contributed by atoms with Crippen molar-refractivity contribution >= 4 is 10.0 Å². The summed E-state index contributed by atoms with van der Waals surface area (Å²) in [6.45, 7) is 4.55. The van der Waals surface area contributed by atoms with Crippen LogP contribution < -0.4 is 10.5 Å². The summed E-state index contributed by atoms with van der Waals surface area (Å²) in [6, 6.07) is -0.0150. The van der Waals surface area contributed by atoms with Crippen LogP contribution in [0.4, 0.5) is 0 Å². The van der Waals surface area contributed by atoms with E-state index < -0.39 is 10.0 Å². The molecule has 0 spiro atoms. The van der Waals surface area contributed by atoms with Crippen molar-refractivity contribution in [1.29, 1.82) is 0 Å². The van der Waals surface area contributed by atoms with Gasteiger partial charge < -0.3 is 5.73 Å². The molecule has 1 fully saturated rings. The van der Waals surface area contributed by atoms with E-state index in [1.807, 2.05) is 13.8 Å². The van der Waals surface area contributed by atoms with Crippen LogP contribution in [0.25, 0.3) is 0 Å². The Labute approximate surface area is 92.7 Å². The van der Waals surface area contributed by atoms with Crippen molar-refractivity contribution in [2.45, 2.75) is 39.2 Å². The van der Waals surface area contributed by atoms with Crippen LogP contribution in [0.1, 0.15) is 33.1 Å². The monoisotopic (exact) mass is 234 g/mol. The van der Waals surface area contributed by atoms with Crippen LogP contribution in [0.15, 0.2) is 0 Å². The third kappa shape index (κ3) is 4.95. The van der Waals surface area contributed by atoms with E-state index in [0.717, 1.165) is 12.8 Å². The maximum Gasteiger partial charge on any atom is 0.212 e. The Kier molecular flexibility index (Phi) is 4.55. The maximum absolute atomic E-state index is 11.7. The first-order valence-corrected chi connectivity index (χ1v) is 7.30. The highest BCUT2D eigenvalue weighted by atomic mass is 32.2. The summed E-state index contributed by atoms with van der Waals surface area (Å²) >= 11 is 0. The molecule has 1 rings (SSSR count). The minimum Gasteiger partial charge on any atom is -0.330 e. The quantitative estimate of drug-likeness (QED) is 0.680. The minimum atomic E-state index is -3.09. The first kappa shape index (κ1) is 12.9. The highest BCUT2D eigenvalue weighted by molar-refractivity contribution is 7.89.